The number of hydrogen-bond donors (Lipinski definition) is 2. The van der Waals surface area contributed by atoms with Crippen LogP contribution < -0.4 is 10.5 Å². The molecule has 0 fully saturated rings. The summed E-state index contributed by atoms with van der Waals surface area (Å²) >= 11 is 0. The second-order valence-electron chi connectivity index (χ2n) is 10.4. The van der Waals surface area contributed by atoms with E-state index in [1.165, 1.54) is 44.9 Å². The third kappa shape index (κ3) is 8.12. The molecule has 0 spiro atoms. The normalized spacial score (nSPS) is 17.7. The zero-order chi connectivity index (χ0) is 26.7. The van der Waals surface area contributed by atoms with Gasteiger partial charge in [-0.25, -0.2) is 4.79 Å². The molecule has 1 aromatic carbocycles. The van der Waals surface area contributed by atoms with Crippen molar-refractivity contribution in [3.05, 3.63) is 22.3 Å². The van der Waals surface area contributed by atoms with Crippen LogP contribution in [0.1, 0.15) is 107 Å². The maximum Gasteiger partial charge on any atom is 0.350 e. The largest absolute Gasteiger partial charge is 0.507 e. The highest BCUT2D eigenvalue weighted by atomic mass is 16.6. The minimum absolute atomic E-state index is 0.256. The Balaban J connectivity index is 1.69. The predicted molar refractivity (Wildman–Crippen MR) is 141 cm³/mol. The number of fused-ring (bicyclic) bond motifs is 1. The molecule has 7 nitrogen and oxygen atoms in total. The second kappa shape index (κ2) is 14.5. The maximum atomic E-state index is 12.9. The molecule has 1 aliphatic heterocycles. The van der Waals surface area contributed by atoms with Gasteiger partial charge in [0.15, 0.2) is 0 Å². The Morgan fingerprint density at radius 1 is 0.944 bits per heavy atom. The molecular formula is C29H47NO6. The van der Waals surface area contributed by atoms with E-state index in [4.69, 9.17) is 19.9 Å². The Kier molecular flexibility index (Phi) is 12.0. The van der Waals surface area contributed by atoms with Gasteiger partial charge in [-0.15, -0.1) is 0 Å². The zero-order valence-corrected chi connectivity index (χ0v) is 23.0. The van der Waals surface area contributed by atoms with Gasteiger partial charge in [0.05, 0.1) is 6.61 Å². The topological polar surface area (TPSA) is 108 Å². The van der Waals surface area contributed by atoms with Crippen molar-refractivity contribution in [1.82, 2.24) is 0 Å². The first kappa shape index (κ1) is 29.9. The fourth-order valence-electron chi connectivity index (χ4n) is 4.65. The second-order valence-corrected chi connectivity index (χ2v) is 10.4. The number of rotatable bonds is 15. The summed E-state index contributed by atoms with van der Waals surface area (Å²) < 4.78 is 16.8. The standard InChI is InChI=1S/C29H47NO6/c1-6-7-8-9-10-11-12-13-14-15-18-34-27(32)24(30)19-35-28(33)29(5)17-16-23-22(4)25(31)20(2)21(3)26(23)36-29/h24,31H,6-19,30H2,1-5H3/t24-,29?/m0/s1. The van der Waals surface area contributed by atoms with Crippen LogP contribution in [0.3, 0.4) is 0 Å². The summed E-state index contributed by atoms with van der Waals surface area (Å²) in [5.41, 5.74) is 7.94. The molecule has 0 saturated carbocycles. The first-order valence-corrected chi connectivity index (χ1v) is 13.7. The lowest BCUT2D eigenvalue weighted by Gasteiger charge is -2.36. The van der Waals surface area contributed by atoms with Gasteiger partial charge in [0.25, 0.3) is 0 Å². The lowest BCUT2D eigenvalue weighted by atomic mass is 9.87. The van der Waals surface area contributed by atoms with Gasteiger partial charge in [-0.1, -0.05) is 64.7 Å². The van der Waals surface area contributed by atoms with E-state index in [0.29, 0.717) is 25.2 Å². The molecule has 3 N–H and O–H groups in total. The Bertz CT molecular complexity index is 883. The highest BCUT2D eigenvalue weighted by molar-refractivity contribution is 5.81. The van der Waals surface area contributed by atoms with Gasteiger partial charge in [-0.2, -0.15) is 0 Å². The molecule has 2 rings (SSSR count). The van der Waals surface area contributed by atoms with Gasteiger partial charge < -0.3 is 25.1 Å². The number of hydrogen-bond acceptors (Lipinski definition) is 7. The molecule has 0 saturated heterocycles. The molecule has 7 heteroatoms. The van der Waals surface area contributed by atoms with Gasteiger partial charge in [0.1, 0.15) is 24.1 Å². The van der Waals surface area contributed by atoms with E-state index >= 15 is 0 Å². The van der Waals surface area contributed by atoms with Crippen molar-refractivity contribution in [1.29, 1.82) is 0 Å². The average molecular weight is 506 g/mol. The van der Waals surface area contributed by atoms with E-state index in [9.17, 15) is 14.7 Å². The van der Waals surface area contributed by atoms with E-state index in [-0.39, 0.29) is 12.4 Å². The molecule has 0 radical (unpaired) electrons. The number of carbonyl (C=O) groups excluding carboxylic acids is 2. The summed E-state index contributed by atoms with van der Waals surface area (Å²) in [6.07, 6.45) is 13.1. The number of aromatic hydroxyl groups is 1. The minimum atomic E-state index is -1.19. The smallest absolute Gasteiger partial charge is 0.350 e. The Morgan fingerprint density at radius 3 is 2.14 bits per heavy atom. The Morgan fingerprint density at radius 2 is 1.53 bits per heavy atom. The fraction of sp³-hybridized carbons (Fsp3) is 0.724. The number of phenolic OH excluding ortho intramolecular Hbond substituents is 1. The first-order chi connectivity index (χ1) is 17.1. The summed E-state index contributed by atoms with van der Waals surface area (Å²) in [4.78, 5) is 25.1. The fourth-order valence-corrected chi connectivity index (χ4v) is 4.65. The van der Waals surface area contributed by atoms with Crippen LogP contribution in [-0.4, -0.2) is 41.9 Å². The lowest BCUT2D eigenvalue weighted by Crippen LogP contribution is -2.48. The quantitative estimate of drug-likeness (QED) is 0.231. The number of carbonyl (C=O) groups is 2. The minimum Gasteiger partial charge on any atom is -0.507 e. The molecule has 0 bridgehead atoms. The Labute approximate surface area is 217 Å². The lowest BCUT2D eigenvalue weighted by molar-refractivity contribution is -0.164. The highest BCUT2D eigenvalue weighted by Gasteiger charge is 2.42. The molecule has 1 unspecified atom stereocenters. The summed E-state index contributed by atoms with van der Waals surface area (Å²) in [6.45, 7) is 9.54. The number of nitrogens with two attached hydrogens (primary N) is 1. The van der Waals surface area contributed by atoms with Crippen LogP contribution >= 0.6 is 0 Å². The van der Waals surface area contributed by atoms with E-state index in [2.05, 4.69) is 6.92 Å². The van der Waals surface area contributed by atoms with E-state index in [1.54, 1.807) is 6.92 Å². The molecule has 1 aliphatic rings. The zero-order valence-electron chi connectivity index (χ0n) is 23.0. The van der Waals surface area contributed by atoms with Gasteiger partial charge in [-0.3, -0.25) is 4.79 Å². The Hall–Kier alpha value is -2.28. The van der Waals surface area contributed by atoms with Crippen molar-refractivity contribution in [3.63, 3.8) is 0 Å². The third-order valence-corrected chi connectivity index (χ3v) is 7.39. The number of benzene rings is 1. The van der Waals surface area contributed by atoms with Gasteiger partial charge in [0, 0.05) is 12.0 Å². The monoisotopic (exact) mass is 505 g/mol. The van der Waals surface area contributed by atoms with E-state index in [1.807, 2.05) is 20.8 Å². The molecule has 0 aromatic heterocycles. The maximum absolute atomic E-state index is 12.9. The van der Waals surface area contributed by atoms with Crippen molar-refractivity contribution >= 4 is 11.9 Å². The number of unbranched alkanes of at least 4 members (excludes halogenated alkanes) is 9. The first-order valence-electron chi connectivity index (χ1n) is 13.7. The van der Waals surface area contributed by atoms with Gasteiger partial charge in [0.2, 0.25) is 5.60 Å². The van der Waals surface area contributed by atoms with Crippen LogP contribution in [0.2, 0.25) is 0 Å². The van der Waals surface area contributed by atoms with Crippen molar-refractivity contribution < 1.29 is 28.9 Å². The van der Waals surface area contributed by atoms with Crippen molar-refractivity contribution in [2.75, 3.05) is 13.2 Å². The average Bonchev–Trinajstić information content (AvgIpc) is 2.87. The molecule has 0 amide bonds. The summed E-state index contributed by atoms with van der Waals surface area (Å²) in [5.74, 6) is -0.234. The molecule has 1 aromatic rings. The van der Waals surface area contributed by atoms with Crippen LogP contribution in [0.5, 0.6) is 11.5 Å². The molecule has 0 aliphatic carbocycles. The van der Waals surface area contributed by atoms with Crippen molar-refractivity contribution in [3.8, 4) is 11.5 Å². The molecule has 36 heavy (non-hydrogen) atoms. The number of ether oxygens (including phenoxy) is 3. The number of esters is 2. The molecule has 2 atom stereocenters. The van der Waals surface area contributed by atoms with Crippen LogP contribution in [0.25, 0.3) is 0 Å². The van der Waals surface area contributed by atoms with Crippen LogP contribution in [-0.2, 0) is 25.5 Å². The number of phenols is 1. The SMILES string of the molecule is CCCCCCCCCCCCOC(=O)[C@@H](N)COC(=O)C1(C)CCc2c(C)c(O)c(C)c(C)c2O1. The van der Waals surface area contributed by atoms with E-state index < -0.39 is 23.6 Å². The van der Waals surface area contributed by atoms with Crippen LogP contribution in [0.4, 0.5) is 0 Å². The highest BCUT2D eigenvalue weighted by Crippen LogP contribution is 2.43. The predicted octanol–water partition coefficient (Wildman–Crippen LogP) is 5.74. The third-order valence-electron chi connectivity index (χ3n) is 7.39. The van der Waals surface area contributed by atoms with Crippen molar-refractivity contribution in [2.45, 2.75) is 123 Å². The van der Waals surface area contributed by atoms with Gasteiger partial charge >= 0.3 is 11.9 Å². The van der Waals surface area contributed by atoms with Crippen molar-refractivity contribution in [2.24, 2.45) is 5.73 Å². The summed E-state index contributed by atoms with van der Waals surface area (Å²) in [7, 11) is 0. The van der Waals surface area contributed by atoms with Crippen LogP contribution in [0.15, 0.2) is 0 Å². The van der Waals surface area contributed by atoms with Gasteiger partial charge in [-0.05, 0) is 57.2 Å². The van der Waals surface area contributed by atoms with E-state index in [0.717, 1.165) is 41.5 Å². The van der Waals surface area contributed by atoms with Crippen LogP contribution in [0, 0.1) is 20.8 Å². The summed E-state index contributed by atoms with van der Waals surface area (Å²) in [5, 5.41) is 10.3. The molecule has 1 heterocycles. The summed E-state index contributed by atoms with van der Waals surface area (Å²) in [6, 6.07) is -1.03. The molecule has 204 valence electrons. The molecular weight excluding hydrogens is 458 g/mol.